The summed E-state index contributed by atoms with van der Waals surface area (Å²) in [6.07, 6.45) is -0.967. The Morgan fingerprint density at radius 2 is 1.18 bits per heavy atom. The average Bonchev–Trinajstić information content (AvgIpc) is 2.41. The maximum atomic E-state index is 10.4. The van der Waals surface area contributed by atoms with Gasteiger partial charge in [0.25, 0.3) is 0 Å². The standard InChI is InChI=1S/C12H16N4O4.2K/c1-11(7-13,5-3-9(17)18)15-16-12(2,8-14)6-4-10(19)20;;/h3-6H2,1-2H3,(H,17,18)(H,19,20);;/q;2*+1/p-2. The van der Waals surface area contributed by atoms with Gasteiger partial charge in [0.15, 0.2) is 11.1 Å². The molecule has 0 saturated heterocycles. The number of hydrogen-bond acceptors (Lipinski definition) is 8. The van der Waals surface area contributed by atoms with Crippen LogP contribution in [0, 0.1) is 22.7 Å². The van der Waals surface area contributed by atoms with E-state index in [9.17, 15) is 19.8 Å². The molecule has 0 aliphatic carbocycles. The van der Waals surface area contributed by atoms with Crippen molar-refractivity contribution in [3.8, 4) is 12.1 Å². The second-order valence-corrected chi connectivity index (χ2v) is 4.72. The van der Waals surface area contributed by atoms with Gasteiger partial charge < -0.3 is 19.8 Å². The Hall–Kier alpha value is 0.793. The van der Waals surface area contributed by atoms with E-state index in [1.165, 1.54) is 13.8 Å². The summed E-state index contributed by atoms with van der Waals surface area (Å²) in [5.74, 6) is -2.64. The fourth-order valence-electron chi connectivity index (χ4n) is 1.17. The maximum absolute atomic E-state index is 10.4. The zero-order chi connectivity index (χ0) is 15.8. The maximum Gasteiger partial charge on any atom is 1.00 e. The Kier molecular flexibility index (Phi) is 16.5. The molecule has 0 radical (unpaired) electrons. The van der Waals surface area contributed by atoms with Gasteiger partial charge in [-0.15, -0.1) is 0 Å². The minimum Gasteiger partial charge on any atom is -0.550 e. The Balaban J connectivity index is -0.00000180. The van der Waals surface area contributed by atoms with E-state index >= 15 is 0 Å². The Morgan fingerprint density at radius 1 is 0.909 bits per heavy atom. The molecule has 0 fully saturated rings. The molecular weight excluding hydrogens is 342 g/mol. The van der Waals surface area contributed by atoms with Crippen LogP contribution in [-0.2, 0) is 9.59 Å². The van der Waals surface area contributed by atoms with E-state index < -0.39 is 23.0 Å². The molecule has 0 bridgehead atoms. The number of carbonyl (C=O) groups excluding carboxylic acids is 2. The number of nitrogens with zero attached hydrogens (tertiary/aromatic N) is 4. The first-order valence-corrected chi connectivity index (χ1v) is 5.83. The van der Waals surface area contributed by atoms with Crippen molar-refractivity contribution in [1.29, 1.82) is 10.5 Å². The molecule has 0 aromatic carbocycles. The third kappa shape index (κ3) is 12.2. The second-order valence-electron chi connectivity index (χ2n) is 4.72. The van der Waals surface area contributed by atoms with Crippen LogP contribution in [0.4, 0.5) is 0 Å². The molecule has 2 atom stereocenters. The predicted molar refractivity (Wildman–Crippen MR) is 61.4 cm³/mol. The van der Waals surface area contributed by atoms with Crippen molar-refractivity contribution >= 4 is 11.9 Å². The summed E-state index contributed by atoms with van der Waals surface area (Å²) >= 11 is 0. The second kappa shape index (κ2) is 13.1. The van der Waals surface area contributed by atoms with Gasteiger partial charge >= 0.3 is 103 Å². The Labute approximate surface area is 214 Å². The number of azo groups is 1. The van der Waals surface area contributed by atoms with Crippen LogP contribution in [0.1, 0.15) is 39.5 Å². The first-order valence-electron chi connectivity index (χ1n) is 5.83. The first-order chi connectivity index (χ1) is 9.16. The van der Waals surface area contributed by atoms with Gasteiger partial charge in [-0.25, -0.2) is 0 Å². The van der Waals surface area contributed by atoms with Gasteiger partial charge in [-0.05, 0) is 39.5 Å². The van der Waals surface area contributed by atoms with Crippen molar-refractivity contribution in [3.63, 3.8) is 0 Å². The van der Waals surface area contributed by atoms with E-state index in [2.05, 4.69) is 10.2 Å². The van der Waals surface area contributed by atoms with Gasteiger partial charge in [0.2, 0.25) is 0 Å². The third-order valence-electron chi connectivity index (χ3n) is 2.60. The fraction of sp³-hybridized carbons (Fsp3) is 0.667. The normalized spacial score (nSPS) is 15.1. The van der Waals surface area contributed by atoms with Crippen LogP contribution in [0.15, 0.2) is 10.2 Å². The van der Waals surface area contributed by atoms with Crippen LogP contribution in [0.5, 0.6) is 0 Å². The van der Waals surface area contributed by atoms with Crippen LogP contribution in [0.3, 0.4) is 0 Å². The number of hydrogen-bond donors (Lipinski definition) is 0. The van der Waals surface area contributed by atoms with Crippen LogP contribution in [0.2, 0.25) is 0 Å². The van der Waals surface area contributed by atoms with E-state index in [0.29, 0.717) is 0 Å². The molecule has 108 valence electrons. The van der Waals surface area contributed by atoms with Crippen molar-refractivity contribution in [1.82, 2.24) is 0 Å². The van der Waals surface area contributed by atoms with Gasteiger partial charge in [-0.2, -0.15) is 20.8 Å². The van der Waals surface area contributed by atoms with Crippen molar-refractivity contribution in [3.05, 3.63) is 0 Å². The first kappa shape index (κ1) is 27.6. The molecule has 0 aliphatic heterocycles. The van der Waals surface area contributed by atoms with E-state index in [4.69, 9.17) is 10.5 Å². The van der Waals surface area contributed by atoms with Gasteiger partial charge in [0.05, 0.1) is 12.1 Å². The predicted octanol–water partition coefficient (Wildman–Crippen LogP) is -6.93. The molecule has 10 heteroatoms. The topological polar surface area (TPSA) is 153 Å². The zero-order valence-electron chi connectivity index (χ0n) is 13.3. The number of aliphatic carboxylic acids is 2. The van der Waals surface area contributed by atoms with E-state index in [1.54, 1.807) is 12.1 Å². The molecular formula is C12H14K2N4O4. The average molecular weight is 356 g/mol. The van der Waals surface area contributed by atoms with Crippen LogP contribution in [0.25, 0.3) is 0 Å². The van der Waals surface area contributed by atoms with E-state index in [-0.39, 0.29) is 128 Å². The number of nitriles is 2. The van der Waals surface area contributed by atoms with Crippen molar-refractivity contribution in [2.24, 2.45) is 10.2 Å². The number of carbonyl (C=O) groups is 2. The number of carboxylic acids is 2. The molecule has 0 aromatic heterocycles. The number of carboxylic acid groups (broad SMARTS) is 2. The minimum absolute atomic E-state index is 0. The van der Waals surface area contributed by atoms with E-state index in [0.717, 1.165) is 0 Å². The molecule has 0 rings (SSSR count). The summed E-state index contributed by atoms with van der Waals surface area (Å²) in [7, 11) is 0. The third-order valence-corrected chi connectivity index (χ3v) is 2.60. The Morgan fingerprint density at radius 3 is 1.36 bits per heavy atom. The SMILES string of the molecule is CC(C#N)(CCC(=O)[O-])N=NC(C)(C#N)CCC(=O)[O-].[K+].[K+]. The fourth-order valence-corrected chi connectivity index (χ4v) is 1.17. The Bertz CT molecular complexity index is 456. The van der Waals surface area contributed by atoms with Crippen molar-refractivity contribution < 1.29 is 123 Å². The monoisotopic (exact) mass is 356 g/mol. The summed E-state index contributed by atoms with van der Waals surface area (Å²) in [4.78, 5) is 20.8. The van der Waals surface area contributed by atoms with Gasteiger partial charge in [0.1, 0.15) is 0 Å². The van der Waals surface area contributed by atoms with Crippen molar-refractivity contribution in [2.45, 2.75) is 50.6 Å². The largest absolute Gasteiger partial charge is 1.00 e. The van der Waals surface area contributed by atoms with Crippen LogP contribution >= 0.6 is 0 Å². The molecule has 0 aliphatic rings. The minimum atomic E-state index is -1.40. The summed E-state index contributed by atoms with van der Waals surface area (Å²) in [5, 5.41) is 46.1. The molecule has 0 aromatic rings. The van der Waals surface area contributed by atoms with Gasteiger partial charge in [-0.1, -0.05) is 0 Å². The molecule has 8 nitrogen and oxygen atoms in total. The number of rotatable bonds is 8. The van der Waals surface area contributed by atoms with Gasteiger partial charge in [0, 0.05) is 11.9 Å². The molecule has 2 unspecified atom stereocenters. The summed E-state index contributed by atoms with van der Waals surface area (Å²) in [5.41, 5.74) is -2.81. The zero-order valence-corrected chi connectivity index (χ0v) is 19.5. The van der Waals surface area contributed by atoms with Crippen LogP contribution in [-0.4, -0.2) is 23.0 Å². The van der Waals surface area contributed by atoms with Crippen molar-refractivity contribution in [2.75, 3.05) is 0 Å². The quantitative estimate of drug-likeness (QED) is 0.311. The molecule has 22 heavy (non-hydrogen) atoms. The molecule has 0 amide bonds. The summed E-state index contributed by atoms with van der Waals surface area (Å²) in [6, 6.07) is 3.61. The van der Waals surface area contributed by atoms with Gasteiger partial charge in [-0.3, -0.25) is 0 Å². The van der Waals surface area contributed by atoms with Crippen LogP contribution < -0.4 is 113 Å². The van der Waals surface area contributed by atoms with E-state index in [1.807, 2.05) is 0 Å². The summed E-state index contributed by atoms with van der Waals surface area (Å²) < 4.78 is 0. The smallest absolute Gasteiger partial charge is 0.550 e. The molecule has 0 heterocycles. The summed E-state index contributed by atoms with van der Waals surface area (Å²) in [6.45, 7) is 2.74. The molecule has 0 spiro atoms. The molecule has 0 N–H and O–H groups in total. The molecule has 0 saturated carbocycles.